The van der Waals surface area contributed by atoms with Gasteiger partial charge in [-0.3, -0.25) is 0 Å². The first-order valence-electron chi connectivity index (χ1n) is 4.85. The van der Waals surface area contributed by atoms with Crippen LogP contribution in [0.2, 0.25) is 0 Å². The first-order valence-corrected chi connectivity index (χ1v) is 4.85. The molecule has 12 heavy (non-hydrogen) atoms. The molecule has 0 saturated heterocycles. The summed E-state index contributed by atoms with van der Waals surface area (Å²) in [5, 5.41) is 3.41. The van der Waals surface area contributed by atoms with Gasteiger partial charge in [-0.1, -0.05) is 18.8 Å². The molecule has 0 aromatic rings. The first-order chi connectivity index (χ1) is 5.67. The van der Waals surface area contributed by atoms with Crippen LogP contribution in [0.5, 0.6) is 0 Å². The molecule has 1 rings (SSSR count). The van der Waals surface area contributed by atoms with Gasteiger partial charge in [-0.2, -0.15) is 0 Å². The fourth-order valence-electron chi connectivity index (χ4n) is 2.07. The van der Waals surface area contributed by atoms with E-state index in [4.69, 9.17) is 6.42 Å². The van der Waals surface area contributed by atoms with Gasteiger partial charge in [-0.15, -0.1) is 6.42 Å². The monoisotopic (exact) mass is 165 g/mol. The fraction of sp³-hybridized carbons (Fsp3) is 0.818. The van der Waals surface area contributed by atoms with Gasteiger partial charge in [0.1, 0.15) is 0 Å². The molecule has 0 aromatic carbocycles. The van der Waals surface area contributed by atoms with E-state index >= 15 is 0 Å². The molecule has 0 spiro atoms. The maximum atomic E-state index is 5.22. The molecule has 1 saturated carbocycles. The summed E-state index contributed by atoms with van der Waals surface area (Å²) in [5.41, 5.74) is 0.239. The van der Waals surface area contributed by atoms with Crippen LogP contribution < -0.4 is 5.32 Å². The van der Waals surface area contributed by atoms with Gasteiger partial charge in [0.25, 0.3) is 0 Å². The van der Waals surface area contributed by atoms with Crippen LogP contribution in [0.15, 0.2) is 0 Å². The van der Waals surface area contributed by atoms with E-state index in [1.165, 1.54) is 25.7 Å². The Balaban J connectivity index is 2.40. The lowest BCUT2D eigenvalue weighted by Gasteiger charge is -2.32. The topological polar surface area (TPSA) is 12.0 Å². The third-order valence-corrected chi connectivity index (χ3v) is 3.02. The van der Waals surface area contributed by atoms with E-state index in [1.54, 1.807) is 0 Å². The highest BCUT2D eigenvalue weighted by Gasteiger charge is 2.30. The van der Waals surface area contributed by atoms with E-state index in [1.807, 2.05) is 0 Å². The Kier molecular flexibility index (Phi) is 3.17. The average Bonchev–Trinajstić information content (AvgIpc) is 2.53. The molecule has 1 fully saturated rings. The van der Waals surface area contributed by atoms with Crippen molar-refractivity contribution in [3.05, 3.63) is 0 Å². The summed E-state index contributed by atoms with van der Waals surface area (Å²) < 4.78 is 0. The van der Waals surface area contributed by atoms with Crippen LogP contribution in [0.4, 0.5) is 0 Å². The molecule has 1 heteroatoms. The molecule has 0 aliphatic heterocycles. The van der Waals surface area contributed by atoms with E-state index in [0.29, 0.717) is 6.54 Å². The van der Waals surface area contributed by atoms with Gasteiger partial charge < -0.3 is 5.32 Å². The van der Waals surface area contributed by atoms with Gasteiger partial charge in [0.05, 0.1) is 6.54 Å². The van der Waals surface area contributed by atoms with Gasteiger partial charge in [-0.05, 0) is 32.6 Å². The summed E-state index contributed by atoms with van der Waals surface area (Å²) in [6, 6.07) is 0. The van der Waals surface area contributed by atoms with Gasteiger partial charge in [0, 0.05) is 5.54 Å². The van der Waals surface area contributed by atoms with Crippen molar-refractivity contribution >= 4 is 0 Å². The quantitative estimate of drug-likeness (QED) is 0.632. The van der Waals surface area contributed by atoms with Crippen LogP contribution in [0.3, 0.4) is 0 Å². The molecule has 0 unspecified atom stereocenters. The minimum Gasteiger partial charge on any atom is -0.301 e. The van der Waals surface area contributed by atoms with Crippen molar-refractivity contribution in [1.82, 2.24) is 5.32 Å². The fourth-order valence-corrected chi connectivity index (χ4v) is 2.07. The molecular weight excluding hydrogens is 146 g/mol. The number of hydrogen-bond acceptors (Lipinski definition) is 1. The van der Waals surface area contributed by atoms with Gasteiger partial charge >= 0.3 is 0 Å². The van der Waals surface area contributed by atoms with Gasteiger partial charge in [-0.25, -0.2) is 0 Å². The smallest absolute Gasteiger partial charge is 0.0577 e. The summed E-state index contributed by atoms with van der Waals surface area (Å²) in [4.78, 5) is 0. The lowest BCUT2D eigenvalue weighted by Crippen LogP contribution is -2.45. The summed E-state index contributed by atoms with van der Waals surface area (Å²) >= 11 is 0. The van der Waals surface area contributed by atoms with Crippen molar-refractivity contribution in [2.24, 2.45) is 5.92 Å². The summed E-state index contributed by atoms with van der Waals surface area (Å²) in [6.07, 6.45) is 10.7. The molecule has 1 nitrogen and oxygen atoms in total. The molecule has 1 aliphatic rings. The maximum Gasteiger partial charge on any atom is 0.0577 e. The SMILES string of the molecule is C#CCNC(C)(C)C1CCCC1. The van der Waals surface area contributed by atoms with Crippen LogP contribution in [0.1, 0.15) is 39.5 Å². The van der Waals surface area contributed by atoms with E-state index in [9.17, 15) is 0 Å². The molecule has 68 valence electrons. The van der Waals surface area contributed by atoms with Crippen molar-refractivity contribution in [3.8, 4) is 12.3 Å². The molecule has 1 N–H and O–H groups in total. The largest absolute Gasteiger partial charge is 0.301 e. The number of rotatable bonds is 3. The zero-order valence-electron chi connectivity index (χ0n) is 8.19. The summed E-state index contributed by atoms with van der Waals surface area (Å²) in [7, 11) is 0. The lowest BCUT2D eigenvalue weighted by atomic mass is 9.86. The van der Waals surface area contributed by atoms with Crippen LogP contribution in [0.25, 0.3) is 0 Å². The molecule has 0 atom stereocenters. The Bertz CT molecular complexity index is 170. The highest BCUT2D eigenvalue weighted by Crippen LogP contribution is 2.33. The predicted molar refractivity (Wildman–Crippen MR) is 52.9 cm³/mol. The maximum absolute atomic E-state index is 5.22. The third-order valence-electron chi connectivity index (χ3n) is 3.02. The molecule has 0 heterocycles. The van der Waals surface area contributed by atoms with Crippen LogP contribution in [0, 0.1) is 18.3 Å². The predicted octanol–water partition coefficient (Wildman–Crippen LogP) is 2.18. The summed E-state index contributed by atoms with van der Waals surface area (Å²) in [6.45, 7) is 5.23. The van der Waals surface area contributed by atoms with Crippen molar-refractivity contribution in [3.63, 3.8) is 0 Å². The second kappa shape index (κ2) is 3.96. The summed E-state index contributed by atoms with van der Waals surface area (Å²) in [5.74, 6) is 3.46. The molecular formula is C11H19N. The Hall–Kier alpha value is -0.480. The molecule has 0 amide bonds. The van der Waals surface area contributed by atoms with Crippen molar-refractivity contribution in [1.29, 1.82) is 0 Å². The number of terminal acetylenes is 1. The van der Waals surface area contributed by atoms with Crippen LogP contribution in [-0.4, -0.2) is 12.1 Å². The number of nitrogens with one attached hydrogen (secondary N) is 1. The van der Waals surface area contributed by atoms with Gasteiger partial charge in [0.15, 0.2) is 0 Å². The molecule has 0 radical (unpaired) electrons. The molecule has 1 aliphatic carbocycles. The Morgan fingerprint density at radius 1 is 1.42 bits per heavy atom. The van der Waals surface area contributed by atoms with Gasteiger partial charge in [0.2, 0.25) is 0 Å². The standard InChI is InChI=1S/C11H19N/c1-4-9-12-11(2,3)10-7-5-6-8-10/h1,10,12H,5-9H2,2-3H3. The normalized spacial score (nSPS) is 19.4. The Morgan fingerprint density at radius 2 is 2.00 bits per heavy atom. The van der Waals surface area contributed by atoms with Crippen LogP contribution >= 0.6 is 0 Å². The average molecular weight is 165 g/mol. The lowest BCUT2D eigenvalue weighted by molar-refractivity contribution is 0.267. The minimum atomic E-state index is 0.239. The Morgan fingerprint density at radius 3 is 2.50 bits per heavy atom. The highest BCUT2D eigenvalue weighted by molar-refractivity contribution is 4.95. The second-order valence-electron chi connectivity index (χ2n) is 4.26. The highest BCUT2D eigenvalue weighted by atomic mass is 15.0. The van der Waals surface area contributed by atoms with Crippen molar-refractivity contribution in [2.75, 3.05) is 6.54 Å². The Labute approximate surface area is 75.9 Å². The number of hydrogen-bond donors (Lipinski definition) is 1. The zero-order chi connectivity index (χ0) is 9.03. The molecule has 0 bridgehead atoms. The molecule has 0 aromatic heterocycles. The van der Waals surface area contributed by atoms with E-state index < -0.39 is 0 Å². The van der Waals surface area contributed by atoms with E-state index in [-0.39, 0.29) is 5.54 Å². The van der Waals surface area contributed by atoms with E-state index in [0.717, 1.165) is 5.92 Å². The van der Waals surface area contributed by atoms with E-state index in [2.05, 4.69) is 25.1 Å². The van der Waals surface area contributed by atoms with Crippen molar-refractivity contribution < 1.29 is 0 Å². The first kappa shape index (κ1) is 9.61. The van der Waals surface area contributed by atoms with Crippen LogP contribution in [-0.2, 0) is 0 Å². The third kappa shape index (κ3) is 2.25. The second-order valence-corrected chi connectivity index (χ2v) is 4.26. The minimum absolute atomic E-state index is 0.239. The zero-order valence-corrected chi connectivity index (χ0v) is 8.19. The van der Waals surface area contributed by atoms with Crippen molar-refractivity contribution in [2.45, 2.75) is 45.1 Å².